The van der Waals surface area contributed by atoms with E-state index < -0.39 is 11.9 Å². The maximum absolute atomic E-state index is 13.4. The van der Waals surface area contributed by atoms with Crippen molar-refractivity contribution in [2.45, 2.75) is 17.9 Å². The average molecular weight is 292 g/mol. The molecule has 1 N–H and O–H groups in total. The molecular weight excluding hydrogens is 275 g/mol. The van der Waals surface area contributed by atoms with E-state index in [0.29, 0.717) is 16.9 Å². The number of halogens is 1. The van der Waals surface area contributed by atoms with Crippen LogP contribution in [0.25, 0.3) is 0 Å². The van der Waals surface area contributed by atoms with Crippen LogP contribution in [0.5, 0.6) is 5.75 Å². The number of ether oxygens (including phenoxy) is 1. The van der Waals surface area contributed by atoms with Crippen LogP contribution in [0.15, 0.2) is 47.4 Å². The van der Waals surface area contributed by atoms with Gasteiger partial charge in [0.1, 0.15) is 17.7 Å². The van der Waals surface area contributed by atoms with E-state index in [4.69, 9.17) is 4.74 Å². The van der Waals surface area contributed by atoms with Crippen LogP contribution in [0.4, 0.5) is 4.39 Å². The second-order valence-corrected chi connectivity index (χ2v) is 5.63. The monoisotopic (exact) mass is 292 g/mol. The van der Waals surface area contributed by atoms with Gasteiger partial charge in [0.2, 0.25) is 0 Å². The molecule has 0 aliphatic heterocycles. The van der Waals surface area contributed by atoms with Crippen molar-refractivity contribution >= 4 is 11.8 Å². The lowest BCUT2D eigenvalue weighted by Gasteiger charge is -2.15. The molecule has 1 atom stereocenters. The lowest BCUT2D eigenvalue weighted by atomic mass is 10.0. The first kappa shape index (κ1) is 14.9. The molecule has 2 rings (SSSR count). The first-order valence-corrected chi connectivity index (χ1v) is 7.38. The zero-order chi connectivity index (χ0) is 14.5. The van der Waals surface area contributed by atoms with Crippen LogP contribution >= 0.6 is 11.8 Å². The molecule has 0 spiro atoms. The molecule has 0 amide bonds. The Labute approximate surface area is 122 Å². The second-order valence-electron chi connectivity index (χ2n) is 4.29. The Morgan fingerprint density at radius 1 is 1.20 bits per heavy atom. The standard InChI is InChI=1S/C16H17FO2S/c1-3-20-13-7-4-11(5-8-13)16(18)14-10-12(17)6-9-15(14)19-2/h4-10,16,18H,3H2,1-2H3. The van der Waals surface area contributed by atoms with Crippen LogP contribution in [0.3, 0.4) is 0 Å². The van der Waals surface area contributed by atoms with Crippen LogP contribution in [0, 0.1) is 5.82 Å². The quantitative estimate of drug-likeness (QED) is 0.844. The van der Waals surface area contributed by atoms with Gasteiger partial charge in [-0.3, -0.25) is 0 Å². The second kappa shape index (κ2) is 6.77. The Kier molecular flexibility index (Phi) is 5.04. The Morgan fingerprint density at radius 3 is 2.50 bits per heavy atom. The number of aliphatic hydroxyl groups excluding tert-OH is 1. The maximum atomic E-state index is 13.4. The van der Waals surface area contributed by atoms with E-state index in [1.165, 1.54) is 25.3 Å². The van der Waals surface area contributed by atoms with Crippen molar-refractivity contribution in [2.75, 3.05) is 12.9 Å². The van der Waals surface area contributed by atoms with Crippen molar-refractivity contribution in [3.63, 3.8) is 0 Å². The van der Waals surface area contributed by atoms with Crippen molar-refractivity contribution in [2.24, 2.45) is 0 Å². The summed E-state index contributed by atoms with van der Waals surface area (Å²) in [5.74, 6) is 1.09. The highest BCUT2D eigenvalue weighted by Crippen LogP contribution is 2.31. The Bertz CT molecular complexity index is 569. The fraction of sp³-hybridized carbons (Fsp3) is 0.250. The number of hydrogen-bond acceptors (Lipinski definition) is 3. The average Bonchev–Trinajstić information content (AvgIpc) is 2.47. The predicted octanol–water partition coefficient (Wildman–Crippen LogP) is 4.03. The van der Waals surface area contributed by atoms with Gasteiger partial charge < -0.3 is 9.84 Å². The molecule has 0 bridgehead atoms. The highest BCUT2D eigenvalue weighted by Gasteiger charge is 2.16. The molecule has 4 heteroatoms. The van der Waals surface area contributed by atoms with Crippen LogP contribution in [0.2, 0.25) is 0 Å². The van der Waals surface area contributed by atoms with Gasteiger partial charge in [0.25, 0.3) is 0 Å². The normalized spacial score (nSPS) is 12.2. The molecule has 2 nitrogen and oxygen atoms in total. The summed E-state index contributed by atoms with van der Waals surface area (Å²) < 4.78 is 18.5. The van der Waals surface area contributed by atoms with E-state index in [2.05, 4.69) is 6.92 Å². The summed E-state index contributed by atoms with van der Waals surface area (Å²) in [5, 5.41) is 10.4. The number of benzene rings is 2. The number of hydrogen-bond donors (Lipinski definition) is 1. The van der Waals surface area contributed by atoms with Crippen LogP contribution in [0.1, 0.15) is 24.2 Å². The third kappa shape index (κ3) is 3.32. The Balaban J connectivity index is 2.30. The van der Waals surface area contributed by atoms with E-state index in [-0.39, 0.29) is 0 Å². The molecule has 2 aromatic carbocycles. The highest BCUT2D eigenvalue weighted by atomic mass is 32.2. The molecule has 0 aliphatic rings. The third-order valence-electron chi connectivity index (χ3n) is 2.99. The first-order valence-electron chi connectivity index (χ1n) is 6.40. The lowest BCUT2D eigenvalue weighted by Crippen LogP contribution is -2.03. The summed E-state index contributed by atoms with van der Waals surface area (Å²) >= 11 is 1.74. The van der Waals surface area contributed by atoms with Gasteiger partial charge in [-0.2, -0.15) is 0 Å². The van der Waals surface area contributed by atoms with E-state index in [9.17, 15) is 9.50 Å². The van der Waals surface area contributed by atoms with Crippen molar-refractivity contribution in [3.05, 3.63) is 59.4 Å². The summed E-state index contributed by atoms with van der Waals surface area (Å²) in [5.41, 5.74) is 1.15. The molecule has 2 aromatic rings. The lowest BCUT2D eigenvalue weighted by molar-refractivity contribution is 0.214. The summed E-state index contributed by atoms with van der Waals surface area (Å²) in [7, 11) is 1.50. The summed E-state index contributed by atoms with van der Waals surface area (Å²) in [6.07, 6.45) is -0.902. The number of methoxy groups -OCH3 is 1. The molecule has 0 aromatic heterocycles. The molecule has 0 heterocycles. The van der Waals surface area contributed by atoms with Gasteiger partial charge in [0.05, 0.1) is 7.11 Å². The minimum atomic E-state index is -0.902. The van der Waals surface area contributed by atoms with Gasteiger partial charge in [-0.1, -0.05) is 19.1 Å². The van der Waals surface area contributed by atoms with Gasteiger partial charge >= 0.3 is 0 Å². The van der Waals surface area contributed by atoms with Gasteiger partial charge in [-0.25, -0.2) is 4.39 Å². The van der Waals surface area contributed by atoms with Crippen molar-refractivity contribution in [1.29, 1.82) is 0 Å². The molecule has 1 unspecified atom stereocenters. The van der Waals surface area contributed by atoms with Crippen molar-refractivity contribution in [1.82, 2.24) is 0 Å². The SMILES string of the molecule is CCSc1ccc(C(O)c2cc(F)ccc2OC)cc1. The first-order chi connectivity index (χ1) is 9.65. The summed E-state index contributed by atoms with van der Waals surface area (Å²) in [4.78, 5) is 1.15. The van der Waals surface area contributed by atoms with E-state index in [0.717, 1.165) is 10.6 Å². The minimum absolute atomic E-state index is 0.391. The predicted molar refractivity (Wildman–Crippen MR) is 79.9 cm³/mol. The Morgan fingerprint density at radius 2 is 1.90 bits per heavy atom. The Hall–Kier alpha value is -1.52. The van der Waals surface area contributed by atoms with Gasteiger partial charge in [0.15, 0.2) is 0 Å². The van der Waals surface area contributed by atoms with Gasteiger partial charge in [-0.15, -0.1) is 11.8 Å². The number of rotatable bonds is 5. The third-order valence-corrected chi connectivity index (χ3v) is 3.89. The highest BCUT2D eigenvalue weighted by molar-refractivity contribution is 7.99. The molecule has 0 radical (unpaired) electrons. The van der Waals surface area contributed by atoms with Crippen molar-refractivity contribution in [3.8, 4) is 5.75 Å². The van der Waals surface area contributed by atoms with E-state index in [1.54, 1.807) is 11.8 Å². The molecule has 0 aliphatic carbocycles. The smallest absolute Gasteiger partial charge is 0.125 e. The molecule has 0 saturated heterocycles. The number of aliphatic hydroxyl groups is 1. The number of thioether (sulfide) groups is 1. The molecule has 0 fully saturated rings. The zero-order valence-corrected chi connectivity index (χ0v) is 12.3. The van der Waals surface area contributed by atoms with Crippen molar-refractivity contribution < 1.29 is 14.2 Å². The molecule has 0 saturated carbocycles. The summed E-state index contributed by atoms with van der Waals surface area (Å²) in [6, 6.07) is 11.8. The topological polar surface area (TPSA) is 29.5 Å². The van der Waals surface area contributed by atoms with Gasteiger partial charge in [0, 0.05) is 10.5 Å². The fourth-order valence-electron chi connectivity index (χ4n) is 2.01. The fourth-order valence-corrected chi connectivity index (χ4v) is 2.67. The maximum Gasteiger partial charge on any atom is 0.125 e. The minimum Gasteiger partial charge on any atom is -0.496 e. The molecule has 20 heavy (non-hydrogen) atoms. The van der Waals surface area contributed by atoms with E-state index >= 15 is 0 Å². The van der Waals surface area contributed by atoms with E-state index in [1.807, 2.05) is 24.3 Å². The van der Waals surface area contributed by atoms with Crippen LogP contribution < -0.4 is 4.74 Å². The van der Waals surface area contributed by atoms with Gasteiger partial charge in [-0.05, 0) is 41.6 Å². The summed E-state index contributed by atoms with van der Waals surface area (Å²) in [6.45, 7) is 2.09. The molecular formula is C16H17FO2S. The largest absolute Gasteiger partial charge is 0.496 e. The van der Waals surface area contributed by atoms with Crippen LogP contribution in [-0.4, -0.2) is 18.0 Å². The molecule has 106 valence electrons. The van der Waals surface area contributed by atoms with Crippen LogP contribution in [-0.2, 0) is 0 Å². The zero-order valence-electron chi connectivity index (χ0n) is 11.5.